The summed E-state index contributed by atoms with van der Waals surface area (Å²) in [7, 11) is 0. The zero-order chi connectivity index (χ0) is 61.5. The summed E-state index contributed by atoms with van der Waals surface area (Å²) in [6.07, 6.45) is -23.5. The number of esters is 8. The topological polar surface area (TPSA) is 291 Å². The van der Waals surface area contributed by atoms with Crippen molar-refractivity contribution in [2.45, 2.75) is 116 Å². The molecule has 0 rings (SSSR count). The maximum Gasteiger partial charge on any atom is 0.437 e. The quantitative estimate of drug-likeness (QED) is 0.0360. The van der Waals surface area contributed by atoms with Crippen LogP contribution in [0.4, 0.5) is 52.7 Å². The van der Waals surface area contributed by atoms with Crippen molar-refractivity contribution in [2.75, 3.05) is 52.9 Å². The van der Waals surface area contributed by atoms with Gasteiger partial charge in [-0.05, 0) is 41.5 Å². The van der Waals surface area contributed by atoms with E-state index in [2.05, 4.69) is 45.3 Å². The van der Waals surface area contributed by atoms with E-state index in [1.807, 2.05) is 0 Å². The van der Waals surface area contributed by atoms with Crippen LogP contribution in [0.25, 0.3) is 0 Å². The predicted octanol–water partition coefficient (Wildman–Crippen LogP) is 5.12. The molecule has 0 unspecified atom stereocenters. The molecule has 0 atom stereocenters. The van der Waals surface area contributed by atoms with Crippen molar-refractivity contribution in [3.8, 4) is 0 Å². The minimum Gasteiger partial charge on any atom is -0.463 e. The van der Waals surface area contributed by atoms with E-state index in [9.17, 15) is 101 Å². The van der Waals surface area contributed by atoms with E-state index >= 15 is 0 Å². The molecule has 76 heavy (non-hydrogen) atoms. The van der Waals surface area contributed by atoms with E-state index in [-0.39, 0.29) is 32.0 Å². The molecule has 20 nitrogen and oxygen atoms in total. The highest BCUT2D eigenvalue weighted by Crippen LogP contribution is 2.45. The molecule has 32 heteroatoms. The summed E-state index contributed by atoms with van der Waals surface area (Å²) in [5.41, 5.74) is -15.1. The highest BCUT2D eigenvalue weighted by Gasteiger charge is 2.77. The van der Waals surface area contributed by atoms with Crippen LogP contribution in [0.5, 0.6) is 0 Å². The predicted molar refractivity (Wildman–Crippen MR) is 232 cm³/mol. The van der Waals surface area contributed by atoms with Gasteiger partial charge in [-0.25, -0.2) is 38.4 Å². The molecule has 0 aliphatic carbocycles. The maximum absolute atomic E-state index is 12.2. The number of aliphatic hydroxyl groups is 4. The van der Waals surface area contributed by atoms with Crippen molar-refractivity contribution in [3.05, 3.63) is 49.6 Å². The lowest BCUT2D eigenvalue weighted by atomic mass is 9.96. The van der Waals surface area contributed by atoms with Crippen LogP contribution in [0, 0.1) is 10.8 Å². The summed E-state index contributed by atoms with van der Waals surface area (Å²) in [4.78, 5) is 87.7. The highest BCUT2D eigenvalue weighted by atomic mass is 19.4. The third-order valence-corrected chi connectivity index (χ3v) is 7.76. The van der Waals surface area contributed by atoms with Gasteiger partial charge in [0.2, 0.25) is 0 Å². The van der Waals surface area contributed by atoms with Gasteiger partial charge in [0, 0.05) is 34.1 Å². The average Bonchev–Trinajstić information content (AvgIpc) is 3.25. The molecule has 0 amide bonds. The molecule has 0 bridgehead atoms. The van der Waals surface area contributed by atoms with Gasteiger partial charge in [-0.3, -0.25) is 0 Å². The molecule has 440 valence electrons. The molecular formula is C44H60F12O20. The molecule has 0 aliphatic rings. The number of rotatable bonds is 22. The number of carbonyl (C=O) groups is 8. The Hall–Kier alpha value is -6.28. The van der Waals surface area contributed by atoms with Crippen molar-refractivity contribution in [1.82, 2.24) is 0 Å². The van der Waals surface area contributed by atoms with Crippen LogP contribution in [-0.2, 0) is 76.3 Å². The summed E-state index contributed by atoms with van der Waals surface area (Å²) in [5.74, 6) is -10.3. The fourth-order valence-electron chi connectivity index (χ4n) is 3.39. The third-order valence-electron chi connectivity index (χ3n) is 7.76. The summed E-state index contributed by atoms with van der Waals surface area (Å²) in [6, 6.07) is 0. The fourth-order valence-corrected chi connectivity index (χ4v) is 3.39. The van der Waals surface area contributed by atoms with Crippen LogP contribution in [0.15, 0.2) is 49.6 Å². The van der Waals surface area contributed by atoms with Crippen molar-refractivity contribution in [2.24, 2.45) is 10.8 Å². The second-order valence-corrected chi connectivity index (χ2v) is 17.7. The third kappa shape index (κ3) is 28.0. The van der Waals surface area contributed by atoms with Crippen LogP contribution >= 0.6 is 0 Å². The smallest absolute Gasteiger partial charge is 0.437 e. The number of hydrogen-bond donors (Lipinski definition) is 4. The number of halogens is 12. The lowest BCUT2D eigenvalue weighted by Crippen LogP contribution is -2.63. The highest BCUT2D eigenvalue weighted by molar-refractivity contribution is 5.87. The minimum absolute atomic E-state index is 0.0549. The van der Waals surface area contributed by atoms with E-state index in [0.717, 1.165) is 6.08 Å². The first kappa shape index (κ1) is 76.2. The maximum atomic E-state index is 12.2. The van der Waals surface area contributed by atoms with E-state index < -0.39 is 132 Å². The largest absolute Gasteiger partial charge is 0.463 e. The molecule has 0 aliphatic heterocycles. The van der Waals surface area contributed by atoms with Gasteiger partial charge >= 0.3 is 83.7 Å². The van der Waals surface area contributed by atoms with Gasteiger partial charge < -0.3 is 58.3 Å². The van der Waals surface area contributed by atoms with E-state index in [4.69, 9.17) is 29.2 Å². The Kier molecular flexibility index (Phi) is 30.6. The molecule has 0 saturated carbocycles. The fraction of sp³-hybridized carbons (Fsp3) is 0.636. The molecule has 4 N–H and O–H groups in total. The average molecular weight is 1140 g/mol. The normalized spacial score (nSPS) is 12.3. The Bertz CT molecular complexity index is 1990. The SMILES string of the molecule is C=C(C)C(=O)OCC(C)(C)COC(=O)C(C)(C)O.C=C(C)C(=O)OCCOC(=O)C(O)(C(F)(F)F)C(F)(F)F.C=CC(=O)OCC(C)(C)COC(=O)C(C)(C)O.C=CC(=O)OCCOC(=O)C(O)(C(F)(F)F)C(F)(F)F. The van der Waals surface area contributed by atoms with Gasteiger partial charge in [0.25, 0.3) is 0 Å². The summed E-state index contributed by atoms with van der Waals surface area (Å²) in [6.45, 7) is 24.7. The van der Waals surface area contributed by atoms with E-state index in [1.165, 1.54) is 34.6 Å². The van der Waals surface area contributed by atoms with Gasteiger partial charge in [-0.2, -0.15) is 52.7 Å². The first-order valence-electron chi connectivity index (χ1n) is 20.8. The van der Waals surface area contributed by atoms with Crippen LogP contribution < -0.4 is 0 Å². The molecule has 0 aromatic heterocycles. The zero-order valence-electron chi connectivity index (χ0n) is 42.5. The van der Waals surface area contributed by atoms with Crippen molar-refractivity contribution in [3.63, 3.8) is 0 Å². The van der Waals surface area contributed by atoms with Crippen molar-refractivity contribution >= 4 is 47.8 Å². The second kappa shape index (κ2) is 30.5. The molecule has 0 fully saturated rings. The van der Waals surface area contributed by atoms with Crippen molar-refractivity contribution < 1.29 is 149 Å². The van der Waals surface area contributed by atoms with Gasteiger partial charge in [0.1, 0.15) is 26.4 Å². The van der Waals surface area contributed by atoms with Crippen LogP contribution in [0.2, 0.25) is 0 Å². The Morgan fingerprint density at radius 3 is 0.882 bits per heavy atom. The Balaban J connectivity index is -0.000000456. The first-order valence-corrected chi connectivity index (χ1v) is 20.8. The molecule has 0 aromatic carbocycles. The Morgan fingerprint density at radius 2 is 0.618 bits per heavy atom. The van der Waals surface area contributed by atoms with Gasteiger partial charge in [-0.15, -0.1) is 0 Å². The zero-order valence-corrected chi connectivity index (χ0v) is 42.5. The molecular weight excluding hydrogens is 1080 g/mol. The molecule has 0 saturated heterocycles. The van der Waals surface area contributed by atoms with Gasteiger partial charge in [-0.1, -0.05) is 54.0 Å². The summed E-state index contributed by atoms with van der Waals surface area (Å²) < 4.78 is 182. The summed E-state index contributed by atoms with van der Waals surface area (Å²) >= 11 is 0. The van der Waals surface area contributed by atoms with Crippen molar-refractivity contribution in [1.29, 1.82) is 0 Å². The minimum atomic E-state index is -6.32. The standard InChI is InChI=1S/C13H22O5.C12H20O5.C10H10F6O5.C9H8F6O5/c1-9(2)10(14)17-7-12(3,4)8-18-11(15)13(5,6)16;1-6-9(13)16-7-11(2,3)8-17-10(14)12(4,5)15;1-5(2)6(17)20-3-4-21-7(18)8(19,9(11,12)13)10(14,15)16;1-2-5(16)19-3-4-20-6(17)7(18,8(10,11)12)9(13,14)15/h16H,1,7-8H2,2-6H3;6,15H,1,7-8H2,2-5H3;19H,1,3-4H2,2H3;2,18H,1,3-4H2. The van der Waals surface area contributed by atoms with Crippen LogP contribution in [-0.4, -0.2) is 168 Å². The number of ether oxygens (including phenoxy) is 8. The molecule has 0 aromatic rings. The van der Waals surface area contributed by atoms with Crippen LogP contribution in [0.1, 0.15) is 69.2 Å². The lowest BCUT2D eigenvalue weighted by Gasteiger charge is -2.29. The molecule has 0 spiro atoms. The molecule has 0 heterocycles. The second-order valence-electron chi connectivity index (χ2n) is 17.7. The molecule has 0 radical (unpaired) electrons. The van der Waals surface area contributed by atoms with E-state index in [1.54, 1.807) is 34.6 Å². The number of hydrogen-bond acceptors (Lipinski definition) is 20. The Morgan fingerprint density at radius 1 is 0.382 bits per heavy atom. The van der Waals surface area contributed by atoms with E-state index in [0.29, 0.717) is 11.6 Å². The van der Waals surface area contributed by atoms with Crippen LogP contribution in [0.3, 0.4) is 0 Å². The number of alkyl halides is 12. The first-order chi connectivity index (χ1) is 33.7. The van der Waals surface area contributed by atoms with Gasteiger partial charge in [0.15, 0.2) is 11.2 Å². The summed E-state index contributed by atoms with van der Waals surface area (Å²) in [5, 5.41) is 35.9. The number of carbonyl (C=O) groups excluding carboxylic acids is 8. The Labute approximate surface area is 426 Å². The van der Waals surface area contributed by atoms with Gasteiger partial charge in [0.05, 0.1) is 26.4 Å². The lowest BCUT2D eigenvalue weighted by molar-refractivity contribution is -0.358. The monoisotopic (exact) mass is 1140 g/mol.